The van der Waals surface area contributed by atoms with Crippen LogP contribution >= 0.6 is 11.6 Å². The van der Waals surface area contributed by atoms with Crippen LogP contribution in [0.1, 0.15) is 29.0 Å². The van der Waals surface area contributed by atoms with E-state index >= 15 is 0 Å². The van der Waals surface area contributed by atoms with Crippen LogP contribution in [0.4, 0.5) is 0 Å². The van der Waals surface area contributed by atoms with Gasteiger partial charge in [-0.15, -0.1) is 0 Å². The molecular weight excluding hydrogens is 278 g/mol. The minimum absolute atomic E-state index is 0.282. The summed E-state index contributed by atoms with van der Waals surface area (Å²) in [7, 11) is 0. The van der Waals surface area contributed by atoms with Crippen molar-refractivity contribution in [1.82, 2.24) is 5.16 Å². The third-order valence-electron chi connectivity index (χ3n) is 3.12. The van der Waals surface area contributed by atoms with Crippen LogP contribution in [0, 0.1) is 20.8 Å². The molecule has 0 N–H and O–H groups in total. The van der Waals surface area contributed by atoms with Crippen molar-refractivity contribution >= 4 is 17.6 Å². The highest BCUT2D eigenvalue weighted by Gasteiger charge is 2.13. The summed E-state index contributed by atoms with van der Waals surface area (Å²) in [5, 5.41) is 4.48. The minimum atomic E-state index is -0.282. The van der Waals surface area contributed by atoms with Crippen molar-refractivity contribution in [3.8, 4) is 5.75 Å². The summed E-state index contributed by atoms with van der Waals surface area (Å²) in [6.45, 7) is 5.55. The zero-order valence-electron chi connectivity index (χ0n) is 11.7. The number of carbonyl (C=O) groups is 1. The number of nitrogens with zero attached hydrogens (tertiary/aromatic N) is 1. The number of halogens is 1. The van der Waals surface area contributed by atoms with E-state index in [1.807, 2.05) is 20.8 Å². The van der Waals surface area contributed by atoms with Crippen LogP contribution in [0.15, 0.2) is 22.7 Å². The fourth-order valence-corrected chi connectivity index (χ4v) is 2.21. The second-order valence-electron chi connectivity index (χ2n) is 4.69. The number of benzene rings is 1. The van der Waals surface area contributed by atoms with Gasteiger partial charge in [-0.3, -0.25) is 4.79 Å². The Kier molecular flexibility index (Phi) is 4.45. The summed E-state index contributed by atoms with van der Waals surface area (Å²) < 4.78 is 10.4. The quantitative estimate of drug-likeness (QED) is 0.636. The van der Waals surface area contributed by atoms with Gasteiger partial charge in [0.1, 0.15) is 11.5 Å². The van der Waals surface area contributed by atoms with Gasteiger partial charge in [-0.2, -0.15) is 0 Å². The molecule has 0 fully saturated rings. The second-order valence-corrected chi connectivity index (χ2v) is 5.12. The van der Waals surface area contributed by atoms with Gasteiger partial charge in [0.05, 0.1) is 12.1 Å². The Morgan fingerprint density at radius 3 is 2.70 bits per heavy atom. The molecular formula is C15H16ClNO3. The molecule has 0 bridgehead atoms. The molecule has 0 aliphatic heterocycles. The minimum Gasteiger partial charge on any atom is -0.426 e. The van der Waals surface area contributed by atoms with E-state index in [2.05, 4.69) is 5.16 Å². The molecule has 2 rings (SSSR count). The predicted molar refractivity (Wildman–Crippen MR) is 76.1 cm³/mol. The van der Waals surface area contributed by atoms with Crippen molar-refractivity contribution in [1.29, 1.82) is 0 Å². The van der Waals surface area contributed by atoms with Crippen LogP contribution in [-0.4, -0.2) is 11.1 Å². The van der Waals surface area contributed by atoms with Crippen LogP contribution < -0.4 is 4.74 Å². The second kappa shape index (κ2) is 6.09. The average Bonchev–Trinajstić information content (AvgIpc) is 2.70. The van der Waals surface area contributed by atoms with Gasteiger partial charge in [0.2, 0.25) is 0 Å². The predicted octanol–water partition coefficient (Wildman–Crippen LogP) is 3.79. The maximum absolute atomic E-state index is 11.9. The number of esters is 1. The molecule has 1 aromatic carbocycles. The Balaban J connectivity index is 1.96. The molecule has 5 heteroatoms. The van der Waals surface area contributed by atoms with Crippen molar-refractivity contribution in [3.05, 3.63) is 45.8 Å². The van der Waals surface area contributed by atoms with Gasteiger partial charge in [0, 0.05) is 10.6 Å². The van der Waals surface area contributed by atoms with Gasteiger partial charge < -0.3 is 9.26 Å². The highest BCUT2D eigenvalue weighted by atomic mass is 35.5. The van der Waals surface area contributed by atoms with Gasteiger partial charge >= 0.3 is 5.97 Å². The standard InChI is InChI=1S/C15H16ClNO3/c1-9-8-12(16)4-6-14(9)19-15(18)7-5-13-10(2)17-20-11(13)3/h4,6,8H,5,7H2,1-3H3. The summed E-state index contributed by atoms with van der Waals surface area (Å²) >= 11 is 5.86. The molecule has 0 unspecified atom stereocenters. The summed E-state index contributed by atoms with van der Waals surface area (Å²) in [6, 6.07) is 5.16. The highest BCUT2D eigenvalue weighted by molar-refractivity contribution is 6.30. The molecule has 0 saturated carbocycles. The summed E-state index contributed by atoms with van der Waals surface area (Å²) in [5.41, 5.74) is 2.62. The maximum atomic E-state index is 11.9. The van der Waals surface area contributed by atoms with E-state index in [-0.39, 0.29) is 12.4 Å². The lowest BCUT2D eigenvalue weighted by Crippen LogP contribution is -2.10. The van der Waals surface area contributed by atoms with Gasteiger partial charge in [0.25, 0.3) is 0 Å². The zero-order valence-corrected chi connectivity index (χ0v) is 12.5. The largest absolute Gasteiger partial charge is 0.426 e. The smallest absolute Gasteiger partial charge is 0.311 e. The third kappa shape index (κ3) is 3.39. The van der Waals surface area contributed by atoms with Gasteiger partial charge in [-0.1, -0.05) is 16.8 Å². The van der Waals surface area contributed by atoms with E-state index in [1.165, 1.54) is 0 Å². The number of aromatic nitrogens is 1. The summed E-state index contributed by atoms with van der Waals surface area (Å²) in [4.78, 5) is 11.9. The molecule has 0 amide bonds. The summed E-state index contributed by atoms with van der Waals surface area (Å²) in [5.74, 6) is 1.01. The van der Waals surface area contributed by atoms with E-state index in [9.17, 15) is 4.79 Å². The third-order valence-corrected chi connectivity index (χ3v) is 3.36. The van der Waals surface area contributed by atoms with Crippen molar-refractivity contribution in [2.24, 2.45) is 0 Å². The first kappa shape index (κ1) is 14.6. The molecule has 4 nitrogen and oxygen atoms in total. The van der Waals surface area contributed by atoms with E-state index in [0.29, 0.717) is 17.2 Å². The van der Waals surface area contributed by atoms with E-state index in [4.69, 9.17) is 20.9 Å². The monoisotopic (exact) mass is 293 g/mol. The topological polar surface area (TPSA) is 52.3 Å². The number of carbonyl (C=O) groups excluding carboxylic acids is 1. The van der Waals surface area contributed by atoms with Crippen LogP contribution in [0.2, 0.25) is 5.02 Å². The van der Waals surface area contributed by atoms with E-state index in [0.717, 1.165) is 22.6 Å². The molecule has 0 spiro atoms. The Bertz CT molecular complexity index is 615. The fraction of sp³-hybridized carbons (Fsp3) is 0.333. The van der Waals surface area contributed by atoms with Crippen LogP contribution in [-0.2, 0) is 11.2 Å². The van der Waals surface area contributed by atoms with Crippen molar-refractivity contribution in [2.45, 2.75) is 33.6 Å². The molecule has 20 heavy (non-hydrogen) atoms. The number of rotatable bonds is 4. The van der Waals surface area contributed by atoms with Crippen LogP contribution in [0.3, 0.4) is 0 Å². The van der Waals surface area contributed by atoms with Crippen molar-refractivity contribution in [3.63, 3.8) is 0 Å². The van der Waals surface area contributed by atoms with E-state index < -0.39 is 0 Å². The van der Waals surface area contributed by atoms with Crippen LogP contribution in [0.5, 0.6) is 5.75 Å². The number of ether oxygens (including phenoxy) is 1. The van der Waals surface area contributed by atoms with Gasteiger partial charge in [0.15, 0.2) is 0 Å². The molecule has 1 heterocycles. The first-order chi connectivity index (χ1) is 9.47. The Labute approximate surface area is 122 Å². The zero-order chi connectivity index (χ0) is 14.7. The lowest BCUT2D eigenvalue weighted by atomic mass is 10.1. The molecule has 0 aliphatic rings. The summed E-state index contributed by atoms with van der Waals surface area (Å²) in [6.07, 6.45) is 0.845. The molecule has 1 aromatic heterocycles. The first-order valence-corrected chi connectivity index (χ1v) is 6.73. The average molecular weight is 294 g/mol. The van der Waals surface area contributed by atoms with Crippen LogP contribution in [0.25, 0.3) is 0 Å². The lowest BCUT2D eigenvalue weighted by molar-refractivity contribution is -0.134. The Morgan fingerprint density at radius 2 is 2.10 bits per heavy atom. The number of hydrogen-bond acceptors (Lipinski definition) is 4. The lowest BCUT2D eigenvalue weighted by Gasteiger charge is -2.07. The first-order valence-electron chi connectivity index (χ1n) is 6.36. The fourth-order valence-electron chi connectivity index (χ4n) is 1.99. The van der Waals surface area contributed by atoms with Gasteiger partial charge in [-0.25, -0.2) is 0 Å². The molecule has 2 aromatic rings. The molecule has 0 aliphatic carbocycles. The Hall–Kier alpha value is -1.81. The SMILES string of the molecule is Cc1cc(Cl)ccc1OC(=O)CCc1c(C)noc1C. The Morgan fingerprint density at radius 1 is 1.35 bits per heavy atom. The highest BCUT2D eigenvalue weighted by Crippen LogP contribution is 2.22. The molecule has 0 radical (unpaired) electrons. The molecule has 0 atom stereocenters. The maximum Gasteiger partial charge on any atom is 0.311 e. The van der Waals surface area contributed by atoms with E-state index in [1.54, 1.807) is 18.2 Å². The van der Waals surface area contributed by atoms with Gasteiger partial charge in [-0.05, 0) is 51.0 Å². The number of aryl methyl sites for hydroxylation is 3. The normalized spacial score (nSPS) is 10.6. The number of hydrogen-bond donors (Lipinski definition) is 0. The molecule has 106 valence electrons. The van der Waals surface area contributed by atoms with Crippen molar-refractivity contribution in [2.75, 3.05) is 0 Å². The molecule has 0 saturated heterocycles. The van der Waals surface area contributed by atoms with Crippen molar-refractivity contribution < 1.29 is 14.1 Å².